The monoisotopic (exact) mass is 551 g/mol. The Balaban J connectivity index is 1.26. The van der Waals surface area contributed by atoms with Gasteiger partial charge in [-0.3, -0.25) is 0 Å². The number of pyridine rings is 1. The van der Waals surface area contributed by atoms with E-state index in [9.17, 15) is 10.1 Å². The van der Waals surface area contributed by atoms with Crippen LogP contribution in [0.5, 0.6) is 0 Å². The number of carbonyl (C=O) groups is 1. The molecule has 0 radical (unpaired) electrons. The number of hydrogen-bond donors (Lipinski definition) is 1. The first-order valence-electron chi connectivity index (χ1n) is 13.5. The largest absolute Gasteiger partial charge is 0.467 e. The molecular weight excluding hydrogens is 522 g/mol. The van der Waals surface area contributed by atoms with Crippen molar-refractivity contribution in [1.29, 1.82) is 5.26 Å². The Labute approximate surface area is 237 Å². The number of esters is 1. The summed E-state index contributed by atoms with van der Waals surface area (Å²) in [6.07, 6.45) is 4.34. The van der Waals surface area contributed by atoms with Gasteiger partial charge in [-0.15, -0.1) is 5.10 Å². The number of rotatable bonds is 8. The molecule has 4 aromatic rings. The van der Waals surface area contributed by atoms with Crippen molar-refractivity contribution in [1.82, 2.24) is 29.9 Å². The number of hydrogen-bond acceptors (Lipinski definition) is 11. The minimum atomic E-state index is -0.319. The Morgan fingerprint density at radius 2 is 2.00 bits per heavy atom. The number of methoxy groups -OCH3 is 1. The molecule has 0 aliphatic carbocycles. The average molecular weight is 552 g/mol. The number of nitrogens with one attached hydrogen (secondary N) is 1. The summed E-state index contributed by atoms with van der Waals surface area (Å²) in [5.41, 5.74) is 3.99. The molecule has 5 heterocycles. The Kier molecular flexibility index (Phi) is 7.51. The number of carbonyl (C=O) groups excluding carboxylic acids is 1. The first-order chi connectivity index (χ1) is 20.1. The van der Waals surface area contributed by atoms with Crippen LogP contribution >= 0.6 is 0 Å². The molecule has 2 saturated heterocycles. The molecule has 1 unspecified atom stereocenters. The third-order valence-electron chi connectivity index (χ3n) is 7.21. The lowest BCUT2D eigenvalue weighted by Gasteiger charge is -2.24. The van der Waals surface area contributed by atoms with Crippen molar-refractivity contribution in [3.8, 4) is 28.7 Å². The maximum Gasteiger partial charge on any atom is 0.328 e. The van der Waals surface area contributed by atoms with E-state index in [0.717, 1.165) is 42.9 Å². The number of nitriles is 1. The normalized spacial score (nSPS) is 18.3. The summed E-state index contributed by atoms with van der Waals surface area (Å²) in [6, 6.07) is 16.9. The summed E-state index contributed by atoms with van der Waals surface area (Å²) < 4.78 is 12.2. The molecule has 208 valence electrons. The third kappa shape index (κ3) is 5.85. The second-order valence-electron chi connectivity index (χ2n) is 10.0. The van der Waals surface area contributed by atoms with Crippen molar-refractivity contribution in [2.75, 3.05) is 37.1 Å². The van der Waals surface area contributed by atoms with Crippen LogP contribution in [0.1, 0.15) is 30.5 Å². The summed E-state index contributed by atoms with van der Waals surface area (Å²) in [4.78, 5) is 28.5. The number of nitrogens with zero attached hydrogens (tertiary/aromatic N) is 8. The molecule has 0 spiro atoms. The summed E-state index contributed by atoms with van der Waals surface area (Å²) >= 11 is 0. The second-order valence-corrected chi connectivity index (χ2v) is 10.0. The Bertz CT molecular complexity index is 1590. The fourth-order valence-electron chi connectivity index (χ4n) is 5.17. The van der Waals surface area contributed by atoms with Crippen LogP contribution in [0.3, 0.4) is 0 Å². The van der Waals surface area contributed by atoms with Crippen LogP contribution in [0, 0.1) is 11.3 Å². The Morgan fingerprint density at radius 1 is 1.12 bits per heavy atom. The van der Waals surface area contributed by atoms with Crippen molar-refractivity contribution in [2.24, 2.45) is 0 Å². The molecule has 2 aliphatic rings. The van der Waals surface area contributed by atoms with E-state index < -0.39 is 0 Å². The van der Waals surface area contributed by atoms with Gasteiger partial charge < -0.3 is 19.7 Å². The lowest BCUT2D eigenvalue weighted by Crippen LogP contribution is -2.37. The molecule has 3 aromatic heterocycles. The smallest absolute Gasteiger partial charge is 0.328 e. The minimum absolute atomic E-state index is 0.118. The lowest BCUT2D eigenvalue weighted by atomic mass is 10.1. The summed E-state index contributed by atoms with van der Waals surface area (Å²) in [5, 5.41) is 21.5. The average Bonchev–Trinajstić information content (AvgIpc) is 3.80. The van der Waals surface area contributed by atoms with Crippen molar-refractivity contribution in [3.05, 3.63) is 66.0 Å². The molecule has 0 saturated carbocycles. The molecule has 2 atom stereocenters. The highest BCUT2D eigenvalue weighted by molar-refractivity contribution is 5.80. The number of aromatic nitrogens is 6. The number of benzene rings is 1. The van der Waals surface area contributed by atoms with Crippen LogP contribution in [-0.2, 0) is 20.8 Å². The molecular formula is C29H29N9O3. The van der Waals surface area contributed by atoms with E-state index in [1.54, 1.807) is 16.8 Å². The molecule has 2 fully saturated rings. The van der Waals surface area contributed by atoms with E-state index in [1.807, 2.05) is 47.5 Å². The van der Waals surface area contributed by atoms with Gasteiger partial charge >= 0.3 is 5.97 Å². The summed E-state index contributed by atoms with van der Waals surface area (Å²) in [6.45, 7) is 2.43. The van der Waals surface area contributed by atoms with Crippen LogP contribution < -0.4 is 10.2 Å². The van der Waals surface area contributed by atoms with Crippen molar-refractivity contribution >= 4 is 17.7 Å². The quantitative estimate of drug-likeness (QED) is 0.323. The maximum absolute atomic E-state index is 12.2. The highest BCUT2D eigenvalue weighted by atomic mass is 16.5. The van der Waals surface area contributed by atoms with Crippen molar-refractivity contribution in [2.45, 2.75) is 37.9 Å². The third-order valence-corrected chi connectivity index (χ3v) is 7.21. The van der Waals surface area contributed by atoms with Crippen LogP contribution in [-0.4, -0.2) is 74.9 Å². The van der Waals surface area contributed by atoms with Gasteiger partial charge in [0.1, 0.15) is 17.6 Å². The predicted octanol–water partition coefficient (Wildman–Crippen LogP) is 3.06. The van der Waals surface area contributed by atoms with Gasteiger partial charge in [0.05, 0.1) is 61.2 Å². The SMILES string of the molecule is COC(=O)[C@H]1CCCN1c1cccc(Cn2cc(-c3cc(-c4cccc(C#N)c4)nc(NC4CCOC4)n3)nn2)n1. The zero-order valence-electron chi connectivity index (χ0n) is 22.6. The van der Waals surface area contributed by atoms with Crippen LogP contribution in [0.15, 0.2) is 54.7 Å². The Hall–Kier alpha value is -4.89. The number of ether oxygens (including phenoxy) is 2. The predicted molar refractivity (Wildman–Crippen MR) is 150 cm³/mol. The maximum atomic E-state index is 12.2. The van der Waals surface area contributed by atoms with Gasteiger partial charge in [-0.2, -0.15) is 5.26 Å². The molecule has 1 aromatic carbocycles. The highest BCUT2D eigenvalue weighted by Gasteiger charge is 2.32. The Morgan fingerprint density at radius 3 is 2.83 bits per heavy atom. The topological polar surface area (TPSA) is 144 Å². The molecule has 0 amide bonds. The van der Waals surface area contributed by atoms with E-state index in [1.165, 1.54) is 7.11 Å². The van der Waals surface area contributed by atoms with Gasteiger partial charge in [-0.25, -0.2) is 24.4 Å². The summed E-state index contributed by atoms with van der Waals surface area (Å²) in [7, 11) is 1.41. The van der Waals surface area contributed by atoms with Crippen LogP contribution in [0.4, 0.5) is 11.8 Å². The van der Waals surface area contributed by atoms with E-state index in [2.05, 4.69) is 21.7 Å². The van der Waals surface area contributed by atoms with Gasteiger partial charge in [0, 0.05) is 18.7 Å². The minimum Gasteiger partial charge on any atom is -0.467 e. The van der Waals surface area contributed by atoms with Crippen LogP contribution in [0.25, 0.3) is 22.6 Å². The van der Waals surface area contributed by atoms with Gasteiger partial charge in [0.15, 0.2) is 0 Å². The molecule has 1 N–H and O–H groups in total. The fraction of sp³-hybridized carbons (Fsp3) is 0.345. The summed E-state index contributed by atoms with van der Waals surface area (Å²) in [5.74, 6) is 0.959. The highest BCUT2D eigenvalue weighted by Crippen LogP contribution is 2.27. The first-order valence-corrected chi connectivity index (χ1v) is 13.5. The van der Waals surface area contributed by atoms with Crippen molar-refractivity contribution in [3.63, 3.8) is 0 Å². The van der Waals surface area contributed by atoms with E-state index in [4.69, 9.17) is 24.4 Å². The van der Waals surface area contributed by atoms with Gasteiger partial charge in [-0.1, -0.05) is 23.4 Å². The van der Waals surface area contributed by atoms with Gasteiger partial charge in [0.2, 0.25) is 5.95 Å². The zero-order valence-corrected chi connectivity index (χ0v) is 22.6. The van der Waals surface area contributed by atoms with E-state index >= 15 is 0 Å². The first kappa shape index (κ1) is 26.3. The zero-order chi connectivity index (χ0) is 28.2. The standard InChI is InChI=1S/C29H29N9O3/c1-40-28(39)26-8-4-11-38(26)27-9-3-7-21(31-27)16-37-17-25(35-36-37)24-14-23(20-6-2-5-19(13-20)15-30)33-29(34-24)32-22-10-12-41-18-22/h2-3,5-7,9,13-14,17,22,26H,4,8,10-12,16,18H2,1H3,(H,32,33,34)/t22?,26-/m1/s1. The van der Waals surface area contributed by atoms with Crippen molar-refractivity contribution < 1.29 is 14.3 Å². The number of anilines is 2. The van der Waals surface area contributed by atoms with Crippen LogP contribution in [0.2, 0.25) is 0 Å². The van der Waals surface area contributed by atoms with Gasteiger partial charge in [-0.05, 0) is 49.6 Å². The fourth-order valence-corrected chi connectivity index (χ4v) is 5.17. The molecule has 6 rings (SSSR count). The van der Waals surface area contributed by atoms with E-state index in [-0.39, 0.29) is 18.1 Å². The molecule has 2 aliphatic heterocycles. The molecule has 41 heavy (non-hydrogen) atoms. The molecule has 0 bridgehead atoms. The van der Waals surface area contributed by atoms with E-state index in [0.29, 0.717) is 48.4 Å². The molecule has 12 nitrogen and oxygen atoms in total. The van der Waals surface area contributed by atoms with Gasteiger partial charge in [0.25, 0.3) is 0 Å². The molecule has 12 heteroatoms. The lowest BCUT2D eigenvalue weighted by molar-refractivity contribution is -0.141. The second kappa shape index (κ2) is 11.7.